The predicted molar refractivity (Wildman–Crippen MR) is 134 cm³/mol. The molecule has 0 saturated heterocycles. The summed E-state index contributed by atoms with van der Waals surface area (Å²) in [7, 11) is -2.16. The zero-order chi connectivity index (χ0) is 22.6. The van der Waals surface area contributed by atoms with Gasteiger partial charge < -0.3 is 0 Å². The van der Waals surface area contributed by atoms with Crippen molar-refractivity contribution in [2.45, 2.75) is 77.4 Å². The van der Waals surface area contributed by atoms with Crippen LogP contribution < -0.4 is 10.4 Å². The Morgan fingerprint density at radius 2 is 1.00 bits per heavy atom. The predicted octanol–water partition coefficient (Wildman–Crippen LogP) is 7.21. The van der Waals surface area contributed by atoms with E-state index in [9.17, 15) is 0 Å². The minimum atomic E-state index is -2.16. The summed E-state index contributed by atoms with van der Waals surface area (Å²) < 4.78 is 1.82. The zero-order valence-electron chi connectivity index (χ0n) is 21.0. The van der Waals surface area contributed by atoms with E-state index in [1.54, 1.807) is 27.1 Å². The van der Waals surface area contributed by atoms with Gasteiger partial charge in [0, 0.05) is 0 Å². The Kier molecular flexibility index (Phi) is 6.33. The molecule has 0 saturated carbocycles. The molecular weight excluding hydrogens is 412 g/mol. The normalized spacial score (nSPS) is 19.7. The molecule has 0 heterocycles. The van der Waals surface area contributed by atoms with Crippen LogP contribution in [0.3, 0.4) is 0 Å². The molecule has 0 N–H and O–H groups in total. The summed E-state index contributed by atoms with van der Waals surface area (Å²) in [6, 6.07) is 14.7. The first-order chi connectivity index (χ1) is 13.8. The molecule has 0 fully saturated rings. The molecule has 1 unspecified atom stereocenters. The first-order valence-electron chi connectivity index (χ1n) is 11.2. The third-order valence-electron chi connectivity index (χ3n) is 7.85. The Bertz CT molecular complexity index is 978. The van der Waals surface area contributed by atoms with Crippen molar-refractivity contribution >= 4 is 18.4 Å². The Balaban J connectivity index is 2.50. The van der Waals surface area contributed by atoms with Gasteiger partial charge in [-0.15, -0.1) is 0 Å². The van der Waals surface area contributed by atoms with E-state index in [2.05, 4.69) is 109 Å². The van der Waals surface area contributed by atoms with Crippen molar-refractivity contribution in [1.82, 2.24) is 0 Å². The van der Waals surface area contributed by atoms with Gasteiger partial charge in [0.1, 0.15) is 0 Å². The van der Waals surface area contributed by atoms with Crippen molar-refractivity contribution in [2.24, 2.45) is 0 Å². The molecule has 30 heavy (non-hydrogen) atoms. The van der Waals surface area contributed by atoms with Gasteiger partial charge in [0.25, 0.3) is 0 Å². The van der Waals surface area contributed by atoms with Crippen LogP contribution in [0.5, 0.6) is 0 Å². The van der Waals surface area contributed by atoms with Crippen molar-refractivity contribution < 1.29 is 17.9 Å². The van der Waals surface area contributed by atoms with Crippen molar-refractivity contribution in [3.8, 4) is 0 Å². The summed E-state index contributed by atoms with van der Waals surface area (Å²) in [5, 5.41) is 8.43. The molecule has 2 aromatic carbocycles. The van der Waals surface area contributed by atoms with Gasteiger partial charge in [-0.05, 0) is 0 Å². The Labute approximate surface area is 192 Å². The number of benzene rings is 2. The van der Waals surface area contributed by atoms with Crippen LogP contribution >= 0.6 is 0 Å². The standard InChI is InChI=1S/C26H33Si.2CH3.Ti/c1-17-10-18(2)13-24(12-17)27(9,25-14-19(3)11-20(4)15-25)26(8)16-21(5)22(6)23(26)7;;;/h10-15H,1-9H3;2*1H3;. The Morgan fingerprint density at radius 3 is 1.33 bits per heavy atom. The Hall–Kier alpha value is -1.15. The van der Waals surface area contributed by atoms with Gasteiger partial charge in [-0.25, -0.2) is 0 Å². The third kappa shape index (κ3) is 3.48. The monoisotopic (exact) mass is 451 g/mol. The molecule has 0 radical (unpaired) electrons. The quantitative estimate of drug-likeness (QED) is 0.431. The van der Waals surface area contributed by atoms with Crippen LogP contribution in [-0.4, -0.2) is 8.07 Å². The maximum atomic E-state index is 2.66. The van der Waals surface area contributed by atoms with Gasteiger partial charge in [0.2, 0.25) is 0 Å². The second-order valence-electron chi connectivity index (χ2n) is 10.3. The van der Waals surface area contributed by atoms with Crippen LogP contribution in [0.4, 0.5) is 0 Å². The fraction of sp³-hybridized carbons (Fsp3) is 0.429. The van der Waals surface area contributed by atoms with E-state index >= 15 is 0 Å². The molecule has 0 aliphatic heterocycles. The second-order valence-corrected chi connectivity index (χ2v) is 18.6. The van der Waals surface area contributed by atoms with Gasteiger partial charge in [-0.2, -0.15) is 0 Å². The molecule has 0 spiro atoms. The van der Waals surface area contributed by atoms with Crippen LogP contribution in [0.25, 0.3) is 0 Å². The number of hydrogen-bond donors (Lipinski definition) is 0. The van der Waals surface area contributed by atoms with Gasteiger partial charge in [0.05, 0.1) is 0 Å². The minimum absolute atomic E-state index is 0.139. The number of aryl methyl sites for hydroxylation is 4. The number of allylic oxidation sites excluding steroid dienone is 4. The van der Waals surface area contributed by atoms with E-state index in [0.717, 1.165) is 0 Å². The second kappa shape index (κ2) is 8.08. The van der Waals surface area contributed by atoms with Gasteiger partial charge >= 0.3 is 193 Å². The summed E-state index contributed by atoms with van der Waals surface area (Å²) in [5.41, 5.74) is 10.3. The molecule has 0 bridgehead atoms. The molecule has 0 nitrogen and oxygen atoms in total. The van der Waals surface area contributed by atoms with Crippen LogP contribution in [0.2, 0.25) is 22.0 Å². The summed E-state index contributed by atoms with van der Waals surface area (Å²) in [6.45, 7) is 21.5. The van der Waals surface area contributed by atoms with Gasteiger partial charge in [-0.3, -0.25) is 0 Å². The van der Waals surface area contributed by atoms with Crippen molar-refractivity contribution in [3.05, 3.63) is 79.2 Å². The molecule has 0 amide bonds. The fourth-order valence-corrected chi connectivity index (χ4v) is 16.9. The Morgan fingerprint density at radius 1 is 0.633 bits per heavy atom. The molecule has 159 valence electrons. The number of hydrogen-bond acceptors (Lipinski definition) is 0. The van der Waals surface area contributed by atoms with Crippen molar-refractivity contribution in [2.75, 3.05) is 0 Å². The number of rotatable bonds is 4. The topological polar surface area (TPSA) is 0 Å². The average Bonchev–Trinajstić information content (AvgIpc) is 2.80. The third-order valence-corrected chi connectivity index (χ3v) is 16.7. The van der Waals surface area contributed by atoms with E-state index in [0.29, 0.717) is 0 Å². The van der Waals surface area contributed by atoms with Crippen molar-refractivity contribution in [1.29, 1.82) is 0 Å². The maximum absolute atomic E-state index is 2.66. The van der Waals surface area contributed by atoms with E-state index in [1.165, 1.54) is 22.3 Å². The van der Waals surface area contributed by atoms with E-state index in [1.807, 2.05) is 3.88 Å². The molecule has 2 aromatic rings. The van der Waals surface area contributed by atoms with E-state index < -0.39 is 25.9 Å². The van der Waals surface area contributed by atoms with Gasteiger partial charge in [0.15, 0.2) is 0 Å². The zero-order valence-corrected chi connectivity index (χ0v) is 23.5. The van der Waals surface area contributed by atoms with Crippen LogP contribution in [0.15, 0.2) is 57.0 Å². The summed E-state index contributed by atoms with van der Waals surface area (Å²) >= 11 is -1.31. The average molecular weight is 452 g/mol. The summed E-state index contributed by atoms with van der Waals surface area (Å²) in [5.74, 6) is 0. The van der Waals surface area contributed by atoms with Crippen LogP contribution in [0.1, 0.15) is 49.9 Å². The first kappa shape index (κ1) is 23.5. The van der Waals surface area contributed by atoms with E-state index in [-0.39, 0.29) is 5.04 Å². The molecule has 1 aliphatic rings. The van der Waals surface area contributed by atoms with Gasteiger partial charge in [-0.1, -0.05) is 0 Å². The summed E-state index contributed by atoms with van der Waals surface area (Å²) in [6.07, 6.45) is 0. The first-order valence-corrected chi connectivity index (χ1v) is 17.6. The van der Waals surface area contributed by atoms with Crippen LogP contribution in [0, 0.1) is 27.7 Å². The summed E-state index contributed by atoms with van der Waals surface area (Å²) in [4.78, 5) is 0. The molecule has 1 atom stereocenters. The fourth-order valence-electron chi connectivity index (χ4n) is 6.18. The molecular formula is C28H39SiTi. The molecule has 1 aliphatic carbocycles. The van der Waals surface area contributed by atoms with Crippen molar-refractivity contribution in [3.63, 3.8) is 0 Å². The molecule has 3 rings (SSSR count). The molecule has 0 aromatic heterocycles. The van der Waals surface area contributed by atoms with Crippen LogP contribution in [-0.2, 0) is 17.9 Å². The van der Waals surface area contributed by atoms with E-state index in [4.69, 9.17) is 0 Å². The SMILES string of the molecule is CC1=C(C)C(C)([Si](C)(c2cc(C)cc(C)c2)c2cc(C)cc(C)c2)[C]([Ti]([CH3])[CH3])=C1C. The molecule has 2 heteroatoms.